The molecule has 54 valence electrons. The van der Waals surface area contributed by atoms with E-state index < -0.39 is 0 Å². The van der Waals surface area contributed by atoms with Gasteiger partial charge in [0.05, 0.1) is 25.9 Å². The van der Waals surface area contributed by atoms with Gasteiger partial charge in [-0.1, -0.05) is 0 Å². The third-order valence-corrected chi connectivity index (χ3v) is 0.983. The van der Waals surface area contributed by atoms with Crippen LogP contribution in [-0.4, -0.2) is 25.9 Å². The molecular formula is C7H14O2. The van der Waals surface area contributed by atoms with Gasteiger partial charge in [-0.15, -0.1) is 13.2 Å². The Morgan fingerprint density at radius 1 is 1.33 bits per heavy atom. The van der Waals surface area contributed by atoms with Gasteiger partial charge in [0.1, 0.15) is 0 Å². The molecule has 0 aromatic rings. The molecule has 0 aliphatic carbocycles. The summed E-state index contributed by atoms with van der Waals surface area (Å²) in [5, 5.41) is 0. The molecule has 1 aliphatic heterocycles. The fraction of sp³-hybridized carbons (Fsp3) is 0.714. The summed E-state index contributed by atoms with van der Waals surface area (Å²) in [5.41, 5.74) is 0. The number of hydrogen-bond donors (Lipinski definition) is 0. The van der Waals surface area contributed by atoms with Gasteiger partial charge in [0.15, 0.2) is 0 Å². The Bertz CT molecular complexity index is 57.9. The zero-order chi connectivity index (χ0) is 7.11. The molecule has 1 fully saturated rings. The number of hydrogen-bond acceptors (Lipinski definition) is 2. The van der Waals surface area contributed by atoms with Crippen molar-refractivity contribution in [3.05, 3.63) is 13.2 Å². The van der Waals surface area contributed by atoms with Crippen LogP contribution in [0.4, 0.5) is 0 Å². The van der Waals surface area contributed by atoms with Gasteiger partial charge < -0.3 is 9.47 Å². The lowest BCUT2D eigenvalue weighted by Crippen LogP contribution is -2.25. The van der Waals surface area contributed by atoms with Crippen molar-refractivity contribution >= 4 is 0 Å². The van der Waals surface area contributed by atoms with Crippen LogP contribution in [0, 0.1) is 0 Å². The number of rotatable bonds is 0. The first-order valence-electron chi connectivity index (χ1n) is 3.09. The first kappa shape index (κ1) is 8.66. The van der Waals surface area contributed by atoms with Crippen LogP contribution in [0.25, 0.3) is 0 Å². The molecule has 0 N–H and O–H groups in total. The van der Waals surface area contributed by atoms with Gasteiger partial charge in [-0.05, 0) is 6.92 Å². The topological polar surface area (TPSA) is 18.5 Å². The van der Waals surface area contributed by atoms with E-state index in [1.54, 1.807) is 0 Å². The molecule has 0 radical (unpaired) electrons. The van der Waals surface area contributed by atoms with Gasteiger partial charge in [-0.2, -0.15) is 0 Å². The van der Waals surface area contributed by atoms with Crippen molar-refractivity contribution < 1.29 is 9.47 Å². The van der Waals surface area contributed by atoms with Crippen LogP contribution in [0.3, 0.4) is 0 Å². The lowest BCUT2D eigenvalue weighted by molar-refractivity contribution is -0.0797. The minimum Gasteiger partial charge on any atom is -0.376 e. The fourth-order valence-electron chi connectivity index (χ4n) is 0.606. The van der Waals surface area contributed by atoms with Crippen LogP contribution in [0.5, 0.6) is 0 Å². The Kier molecular flexibility index (Phi) is 5.57. The molecule has 1 rings (SSSR count). The molecule has 1 aliphatic rings. The minimum atomic E-state index is 0.314. The summed E-state index contributed by atoms with van der Waals surface area (Å²) in [6, 6.07) is 0. The van der Waals surface area contributed by atoms with Crippen LogP contribution >= 0.6 is 0 Å². The van der Waals surface area contributed by atoms with Crippen molar-refractivity contribution in [2.75, 3.05) is 19.8 Å². The van der Waals surface area contributed by atoms with Crippen molar-refractivity contribution in [3.63, 3.8) is 0 Å². The van der Waals surface area contributed by atoms with E-state index >= 15 is 0 Å². The second kappa shape index (κ2) is 5.79. The smallest absolute Gasteiger partial charge is 0.0781 e. The average Bonchev–Trinajstić information content (AvgIpc) is 1.94. The molecule has 9 heavy (non-hydrogen) atoms. The Hall–Kier alpha value is -0.340. The Morgan fingerprint density at radius 2 is 2.00 bits per heavy atom. The zero-order valence-corrected chi connectivity index (χ0v) is 5.93. The first-order chi connectivity index (χ1) is 4.39. The summed E-state index contributed by atoms with van der Waals surface area (Å²) in [5.74, 6) is 0. The van der Waals surface area contributed by atoms with E-state index in [0.29, 0.717) is 6.10 Å². The lowest BCUT2D eigenvalue weighted by atomic mass is 10.4. The van der Waals surface area contributed by atoms with E-state index in [2.05, 4.69) is 13.2 Å². The highest BCUT2D eigenvalue weighted by atomic mass is 16.6. The predicted octanol–water partition coefficient (Wildman–Crippen LogP) is 1.22. The maximum atomic E-state index is 5.15. The molecule has 0 spiro atoms. The fourth-order valence-corrected chi connectivity index (χ4v) is 0.606. The highest BCUT2D eigenvalue weighted by Gasteiger charge is 2.06. The van der Waals surface area contributed by atoms with Gasteiger partial charge in [-0.25, -0.2) is 0 Å². The van der Waals surface area contributed by atoms with Crippen molar-refractivity contribution in [1.82, 2.24) is 0 Å². The molecule has 0 aromatic carbocycles. The van der Waals surface area contributed by atoms with Crippen molar-refractivity contribution in [2.24, 2.45) is 0 Å². The SMILES string of the molecule is C=C.CC1COCCO1. The molecule has 2 heteroatoms. The standard InChI is InChI=1S/C5H10O2.C2H4/c1-5-4-6-2-3-7-5;1-2/h5H,2-4H2,1H3;1-2H2. The summed E-state index contributed by atoms with van der Waals surface area (Å²) in [6.07, 6.45) is 0.314. The minimum absolute atomic E-state index is 0.314. The molecule has 2 nitrogen and oxygen atoms in total. The normalized spacial score (nSPS) is 26.1. The largest absolute Gasteiger partial charge is 0.376 e. The van der Waals surface area contributed by atoms with E-state index in [1.165, 1.54) is 0 Å². The lowest BCUT2D eigenvalue weighted by Gasteiger charge is -2.18. The van der Waals surface area contributed by atoms with Crippen LogP contribution in [-0.2, 0) is 9.47 Å². The van der Waals surface area contributed by atoms with Crippen molar-refractivity contribution in [2.45, 2.75) is 13.0 Å². The second-order valence-electron chi connectivity index (χ2n) is 1.76. The summed E-state index contributed by atoms with van der Waals surface area (Å²) in [6.45, 7) is 10.3. The van der Waals surface area contributed by atoms with Crippen LogP contribution < -0.4 is 0 Å². The maximum absolute atomic E-state index is 5.15. The van der Waals surface area contributed by atoms with Crippen LogP contribution in [0.1, 0.15) is 6.92 Å². The molecule has 1 saturated heterocycles. The van der Waals surface area contributed by atoms with E-state index in [1.807, 2.05) is 6.92 Å². The van der Waals surface area contributed by atoms with E-state index in [-0.39, 0.29) is 0 Å². The summed E-state index contributed by atoms with van der Waals surface area (Å²) in [7, 11) is 0. The Morgan fingerprint density at radius 3 is 2.22 bits per heavy atom. The van der Waals surface area contributed by atoms with E-state index in [4.69, 9.17) is 9.47 Å². The quantitative estimate of drug-likeness (QED) is 0.459. The molecular weight excluding hydrogens is 116 g/mol. The molecule has 0 aromatic heterocycles. The highest BCUT2D eigenvalue weighted by Crippen LogP contribution is 1.96. The third-order valence-electron chi connectivity index (χ3n) is 0.983. The Labute approximate surface area is 56.5 Å². The number of ether oxygens (including phenoxy) is 2. The van der Waals surface area contributed by atoms with Crippen molar-refractivity contribution in [3.8, 4) is 0 Å². The molecule has 1 unspecified atom stereocenters. The Balaban J connectivity index is 0.000000291. The average molecular weight is 130 g/mol. The van der Waals surface area contributed by atoms with E-state index in [0.717, 1.165) is 19.8 Å². The third kappa shape index (κ3) is 4.18. The molecule has 1 heterocycles. The van der Waals surface area contributed by atoms with Crippen LogP contribution in [0.15, 0.2) is 13.2 Å². The second-order valence-corrected chi connectivity index (χ2v) is 1.76. The van der Waals surface area contributed by atoms with Crippen LogP contribution in [0.2, 0.25) is 0 Å². The van der Waals surface area contributed by atoms with Crippen molar-refractivity contribution in [1.29, 1.82) is 0 Å². The first-order valence-corrected chi connectivity index (χ1v) is 3.09. The summed E-state index contributed by atoms with van der Waals surface area (Å²) >= 11 is 0. The molecule has 0 bridgehead atoms. The summed E-state index contributed by atoms with van der Waals surface area (Å²) < 4.78 is 10.2. The molecule has 1 atom stereocenters. The van der Waals surface area contributed by atoms with Gasteiger partial charge in [0.25, 0.3) is 0 Å². The monoisotopic (exact) mass is 130 g/mol. The highest BCUT2D eigenvalue weighted by molar-refractivity contribution is 4.50. The molecule has 0 saturated carbocycles. The predicted molar refractivity (Wildman–Crippen MR) is 37.5 cm³/mol. The molecule has 0 amide bonds. The summed E-state index contributed by atoms with van der Waals surface area (Å²) in [4.78, 5) is 0. The van der Waals surface area contributed by atoms with Gasteiger partial charge in [0, 0.05) is 0 Å². The van der Waals surface area contributed by atoms with Gasteiger partial charge in [0.2, 0.25) is 0 Å². The maximum Gasteiger partial charge on any atom is 0.0781 e. The van der Waals surface area contributed by atoms with Gasteiger partial charge in [-0.3, -0.25) is 0 Å². The van der Waals surface area contributed by atoms with Gasteiger partial charge >= 0.3 is 0 Å². The zero-order valence-electron chi connectivity index (χ0n) is 5.93. The van der Waals surface area contributed by atoms with E-state index in [9.17, 15) is 0 Å².